The molecule has 14 heavy (non-hydrogen) atoms. The molecular weight excluding hydrogens is 204 g/mol. The van der Waals surface area contributed by atoms with Crippen LogP contribution in [0.3, 0.4) is 0 Å². The number of carbonyl (C=O) groups excluding carboxylic acids is 2. The first-order valence-electron chi connectivity index (χ1n) is 3.14. The van der Waals surface area contributed by atoms with Gasteiger partial charge in [0.2, 0.25) is 0 Å². The summed E-state index contributed by atoms with van der Waals surface area (Å²) in [7, 11) is 0. The third-order valence-corrected chi connectivity index (χ3v) is 0.258. The van der Waals surface area contributed by atoms with Crippen LogP contribution >= 0.6 is 0 Å². The molecule has 0 rings (SSSR count). The van der Waals surface area contributed by atoms with Gasteiger partial charge in [-0.2, -0.15) is 0 Å². The second-order valence-electron chi connectivity index (χ2n) is 1.47. The Morgan fingerprint density at radius 2 is 1.29 bits per heavy atom. The van der Waals surface area contributed by atoms with Crippen molar-refractivity contribution in [1.82, 2.24) is 0 Å². The van der Waals surface area contributed by atoms with Crippen LogP contribution in [0.2, 0.25) is 0 Å². The largest absolute Gasteiger partial charge is 2.00 e. The number of allylic oxidation sites excluding steroid dienone is 1. The summed E-state index contributed by atoms with van der Waals surface area (Å²) in [4.78, 5) is 18.0. The molecule has 0 atom stereocenters. The smallest absolute Gasteiger partial charge is 0.548 e. The molecule has 0 saturated carbocycles. The first-order chi connectivity index (χ1) is 5.95. The van der Waals surface area contributed by atoms with Crippen LogP contribution < -0.4 is 10.2 Å². The van der Waals surface area contributed by atoms with E-state index in [0.29, 0.717) is 0 Å². The maximum absolute atomic E-state index is 9.01. The van der Waals surface area contributed by atoms with Gasteiger partial charge >= 0.3 is 23.1 Å². The maximum atomic E-state index is 9.01. The van der Waals surface area contributed by atoms with Crippen molar-refractivity contribution >= 4 is 35.0 Å². The van der Waals surface area contributed by atoms with Crippen LogP contribution in [0, 0.1) is 0 Å². The van der Waals surface area contributed by atoms with Crippen molar-refractivity contribution in [3.8, 4) is 0 Å². The minimum absolute atomic E-state index is 0. The number of hydrogen-bond donors (Lipinski definition) is 2. The molecule has 0 amide bonds. The van der Waals surface area contributed by atoms with E-state index in [4.69, 9.17) is 30.0 Å². The molecule has 0 aliphatic rings. The summed E-state index contributed by atoms with van der Waals surface area (Å²) < 4.78 is 0. The maximum Gasteiger partial charge on any atom is 2.00 e. The zero-order chi connectivity index (χ0) is 11.3. The Morgan fingerprint density at radius 3 is 1.29 bits per heavy atom. The first kappa shape index (κ1) is 23.3. The first-order valence-corrected chi connectivity index (χ1v) is 3.14. The van der Waals surface area contributed by atoms with Gasteiger partial charge in [0.1, 0.15) is 0 Å². The van der Waals surface area contributed by atoms with Crippen molar-refractivity contribution in [1.29, 1.82) is 0 Å². The van der Waals surface area contributed by atoms with Gasteiger partial charge < -0.3 is 30.0 Å². The summed E-state index contributed by atoms with van der Waals surface area (Å²) in [6, 6.07) is 0. The standard InChI is InChI=1S/C3H6.2C2H4O3.Mg/c1-3-2;2*3-1-2(4)5;/h3H,1H2,2H3;2*3H,1H2,(H,4,5);/q;;;+2/p-2. The van der Waals surface area contributed by atoms with Gasteiger partial charge in [-0.15, -0.1) is 6.58 Å². The Morgan fingerprint density at radius 1 is 1.21 bits per heavy atom. The van der Waals surface area contributed by atoms with E-state index in [1.54, 1.807) is 6.08 Å². The van der Waals surface area contributed by atoms with E-state index in [1.807, 2.05) is 6.92 Å². The summed E-state index contributed by atoms with van der Waals surface area (Å²) in [6.07, 6.45) is 1.75. The number of rotatable bonds is 2. The molecule has 0 aromatic heterocycles. The molecule has 0 unspecified atom stereocenters. The van der Waals surface area contributed by atoms with Gasteiger partial charge in [-0.1, -0.05) is 6.08 Å². The molecule has 2 N–H and O–H groups in total. The van der Waals surface area contributed by atoms with Crippen molar-refractivity contribution in [2.24, 2.45) is 0 Å². The van der Waals surface area contributed by atoms with Crippen LogP contribution in [0.4, 0.5) is 0 Å². The molecule has 0 bridgehead atoms. The van der Waals surface area contributed by atoms with E-state index in [1.165, 1.54) is 0 Å². The van der Waals surface area contributed by atoms with Crippen molar-refractivity contribution in [3.63, 3.8) is 0 Å². The molecule has 0 aliphatic carbocycles. The molecular formula is C7H12MgO6. The van der Waals surface area contributed by atoms with Crippen molar-refractivity contribution in [3.05, 3.63) is 12.7 Å². The van der Waals surface area contributed by atoms with E-state index >= 15 is 0 Å². The SMILES string of the molecule is C=CC.O=C([O-])CO.O=C([O-])CO.[Mg+2]. The predicted octanol–water partition coefficient (Wildman–Crippen LogP) is -3.73. The summed E-state index contributed by atoms with van der Waals surface area (Å²) in [5, 5.41) is 33.0. The molecule has 0 spiro atoms. The third kappa shape index (κ3) is 108. The van der Waals surface area contributed by atoms with Gasteiger partial charge in [0.05, 0.1) is 25.2 Å². The van der Waals surface area contributed by atoms with Gasteiger partial charge in [0, 0.05) is 0 Å². The Bertz CT molecular complexity index is 133. The van der Waals surface area contributed by atoms with E-state index < -0.39 is 25.2 Å². The Balaban J connectivity index is -0.0000000535. The zero-order valence-electron chi connectivity index (χ0n) is 7.93. The third-order valence-electron chi connectivity index (χ3n) is 0.258. The summed E-state index contributed by atoms with van der Waals surface area (Å²) in [6.45, 7) is 3.47. The number of carbonyl (C=O) groups is 2. The predicted molar refractivity (Wildman–Crippen MR) is 45.8 cm³/mol. The second kappa shape index (κ2) is 22.8. The Hall–Kier alpha value is -0.634. The topological polar surface area (TPSA) is 121 Å². The fourth-order valence-corrected chi connectivity index (χ4v) is 0. The molecule has 0 aromatic rings. The molecule has 0 saturated heterocycles. The van der Waals surface area contributed by atoms with E-state index in [2.05, 4.69) is 6.58 Å². The average molecular weight is 216 g/mol. The van der Waals surface area contributed by atoms with Crippen LogP contribution in [0.1, 0.15) is 6.92 Å². The van der Waals surface area contributed by atoms with Crippen molar-refractivity contribution in [2.45, 2.75) is 6.92 Å². The number of aliphatic carboxylic acids is 2. The van der Waals surface area contributed by atoms with E-state index in [0.717, 1.165) is 0 Å². The van der Waals surface area contributed by atoms with Crippen LogP contribution in [0.15, 0.2) is 12.7 Å². The molecule has 0 fully saturated rings. The zero-order valence-corrected chi connectivity index (χ0v) is 9.35. The number of hydrogen-bond acceptors (Lipinski definition) is 6. The van der Waals surface area contributed by atoms with Gasteiger partial charge in [0.15, 0.2) is 0 Å². The van der Waals surface area contributed by atoms with Crippen LogP contribution in [-0.2, 0) is 9.59 Å². The monoisotopic (exact) mass is 216 g/mol. The molecule has 7 heteroatoms. The number of carboxylic acid groups (broad SMARTS) is 2. The van der Waals surface area contributed by atoms with Crippen molar-refractivity contribution < 1.29 is 30.0 Å². The number of aliphatic hydroxyl groups is 2. The normalized spacial score (nSPS) is 6.21. The molecule has 0 aliphatic heterocycles. The van der Waals surface area contributed by atoms with Gasteiger partial charge in [-0.25, -0.2) is 0 Å². The molecule has 6 nitrogen and oxygen atoms in total. The molecule has 0 radical (unpaired) electrons. The Labute approximate surface area is 98.0 Å². The van der Waals surface area contributed by atoms with Gasteiger partial charge in [-0.3, -0.25) is 0 Å². The van der Waals surface area contributed by atoms with Gasteiger partial charge in [-0.05, 0) is 6.92 Å². The second-order valence-corrected chi connectivity index (χ2v) is 1.47. The molecule has 0 heterocycles. The minimum atomic E-state index is -1.44. The fraction of sp³-hybridized carbons (Fsp3) is 0.429. The molecule has 78 valence electrons. The Kier molecular flexibility index (Phi) is 38.0. The van der Waals surface area contributed by atoms with E-state index in [9.17, 15) is 0 Å². The van der Waals surface area contributed by atoms with E-state index in [-0.39, 0.29) is 23.1 Å². The number of aliphatic hydroxyl groups excluding tert-OH is 2. The minimum Gasteiger partial charge on any atom is -0.548 e. The average Bonchev–Trinajstić information content (AvgIpc) is 2.07. The molecule has 0 aromatic carbocycles. The van der Waals surface area contributed by atoms with Crippen LogP contribution in [0.25, 0.3) is 0 Å². The van der Waals surface area contributed by atoms with Crippen molar-refractivity contribution in [2.75, 3.05) is 13.2 Å². The van der Waals surface area contributed by atoms with Crippen LogP contribution in [0.5, 0.6) is 0 Å². The van der Waals surface area contributed by atoms with Gasteiger partial charge in [0.25, 0.3) is 0 Å². The van der Waals surface area contributed by atoms with Crippen LogP contribution in [-0.4, -0.2) is 58.4 Å². The summed E-state index contributed by atoms with van der Waals surface area (Å²) in [5.41, 5.74) is 0. The number of carboxylic acids is 2. The summed E-state index contributed by atoms with van der Waals surface area (Å²) in [5.74, 6) is -2.88. The fourth-order valence-electron chi connectivity index (χ4n) is 0. The summed E-state index contributed by atoms with van der Waals surface area (Å²) >= 11 is 0. The quantitative estimate of drug-likeness (QED) is 0.362.